The van der Waals surface area contributed by atoms with E-state index in [-0.39, 0.29) is 25.7 Å². The van der Waals surface area contributed by atoms with Crippen molar-refractivity contribution in [2.24, 2.45) is 0 Å². The van der Waals surface area contributed by atoms with Crippen LogP contribution in [0.15, 0.2) is 46.9 Å². The van der Waals surface area contributed by atoms with Crippen molar-refractivity contribution in [1.82, 2.24) is 0 Å². The molecule has 0 bridgehead atoms. The van der Waals surface area contributed by atoms with E-state index in [2.05, 4.69) is 15.9 Å². The van der Waals surface area contributed by atoms with E-state index in [0.717, 1.165) is 5.56 Å². The fourth-order valence-corrected chi connectivity index (χ4v) is 3.11. The van der Waals surface area contributed by atoms with Crippen LogP contribution in [0.3, 0.4) is 0 Å². The zero-order valence-electron chi connectivity index (χ0n) is 16.7. The third kappa shape index (κ3) is 7.67. The van der Waals surface area contributed by atoms with Gasteiger partial charge in [-0.2, -0.15) is 5.26 Å². The van der Waals surface area contributed by atoms with E-state index in [9.17, 15) is 15.0 Å². The molecule has 2 aromatic carbocycles. The second-order valence-electron chi connectivity index (χ2n) is 6.90. The summed E-state index contributed by atoms with van der Waals surface area (Å²) in [4.78, 5) is 11.4. The molecule has 0 aliphatic rings. The minimum Gasteiger partial charge on any atom is -0.491 e. The van der Waals surface area contributed by atoms with Crippen LogP contribution in [0.4, 0.5) is 0 Å². The van der Waals surface area contributed by atoms with Crippen molar-refractivity contribution in [2.45, 2.75) is 38.6 Å². The molecule has 0 amide bonds. The van der Waals surface area contributed by atoms with E-state index >= 15 is 0 Å². The molecule has 2 aromatic rings. The zero-order chi connectivity index (χ0) is 22.1. The Morgan fingerprint density at radius 3 is 2.53 bits per heavy atom. The van der Waals surface area contributed by atoms with E-state index in [0.29, 0.717) is 21.5 Å². The molecule has 0 saturated heterocycles. The number of hydrogen-bond donors (Lipinski definition) is 2. The molecular weight excluding hydrogens is 454 g/mol. The van der Waals surface area contributed by atoms with Crippen LogP contribution in [-0.4, -0.2) is 47.7 Å². The van der Waals surface area contributed by atoms with Gasteiger partial charge in [0, 0.05) is 6.42 Å². The van der Waals surface area contributed by atoms with Gasteiger partial charge in [0.2, 0.25) is 0 Å². The number of halogens is 1. The van der Waals surface area contributed by atoms with Crippen LogP contribution in [0.5, 0.6) is 11.5 Å². The maximum Gasteiger partial charge on any atom is 0.333 e. The first-order valence-electron chi connectivity index (χ1n) is 9.39. The Morgan fingerprint density at radius 2 is 1.90 bits per heavy atom. The molecule has 0 fully saturated rings. The van der Waals surface area contributed by atoms with Crippen LogP contribution in [0.2, 0.25) is 0 Å². The highest BCUT2D eigenvalue weighted by Gasteiger charge is 2.20. The number of carbonyl (C=O) groups is 1. The Balaban J connectivity index is 1.87. The first-order chi connectivity index (χ1) is 14.3. The summed E-state index contributed by atoms with van der Waals surface area (Å²) in [5, 5.41) is 28.3. The predicted molar refractivity (Wildman–Crippen MR) is 114 cm³/mol. The molecule has 2 unspecified atom stereocenters. The lowest BCUT2D eigenvalue weighted by molar-refractivity contribution is -0.153. The largest absolute Gasteiger partial charge is 0.491 e. The van der Waals surface area contributed by atoms with E-state index in [4.69, 9.17) is 19.5 Å². The third-order valence-corrected chi connectivity index (χ3v) is 4.59. The Labute approximate surface area is 183 Å². The number of benzene rings is 2. The van der Waals surface area contributed by atoms with Crippen LogP contribution in [0.1, 0.15) is 25.0 Å². The molecule has 0 aliphatic carbocycles. The molecule has 0 saturated carbocycles. The van der Waals surface area contributed by atoms with Gasteiger partial charge in [0.1, 0.15) is 30.8 Å². The second-order valence-corrected chi connectivity index (χ2v) is 7.75. The highest BCUT2D eigenvalue weighted by atomic mass is 79.9. The summed E-state index contributed by atoms with van der Waals surface area (Å²) < 4.78 is 17.2. The summed E-state index contributed by atoms with van der Waals surface area (Å²) in [5.41, 5.74) is 1.26. The molecule has 2 rings (SSSR count). The second kappa shape index (κ2) is 11.6. The summed E-state index contributed by atoms with van der Waals surface area (Å²) in [5.74, 6) is 0.0104. The monoisotopic (exact) mass is 477 g/mol. The molecular formula is C22H24BrNO6. The van der Waals surface area contributed by atoms with Gasteiger partial charge in [-0.05, 0) is 65.7 Å². The van der Waals surface area contributed by atoms with Gasteiger partial charge in [-0.1, -0.05) is 12.1 Å². The number of carboxylic acid groups (broad SMARTS) is 1. The molecule has 30 heavy (non-hydrogen) atoms. The van der Waals surface area contributed by atoms with Gasteiger partial charge in [-0.25, -0.2) is 4.79 Å². The van der Waals surface area contributed by atoms with Gasteiger partial charge >= 0.3 is 5.97 Å². The summed E-state index contributed by atoms with van der Waals surface area (Å²) in [6, 6.07) is 14.0. The smallest absolute Gasteiger partial charge is 0.333 e. The lowest BCUT2D eigenvalue weighted by atomic mass is 10.1. The molecule has 160 valence electrons. The molecule has 2 atom stereocenters. The highest BCUT2D eigenvalue weighted by molar-refractivity contribution is 9.10. The Morgan fingerprint density at radius 1 is 1.17 bits per heavy atom. The average molecular weight is 478 g/mol. The van der Waals surface area contributed by atoms with Crippen LogP contribution >= 0.6 is 15.9 Å². The number of rotatable bonds is 11. The molecule has 0 aliphatic heterocycles. The molecule has 0 heterocycles. The minimum absolute atomic E-state index is 0.00219. The summed E-state index contributed by atoms with van der Waals surface area (Å²) in [6.45, 7) is 3.58. The molecule has 0 radical (unpaired) electrons. The van der Waals surface area contributed by atoms with Gasteiger partial charge in [0.15, 0.2) is 6.10 Å². The van der Waals surface area contributed by atoms with Crippen LogP contribution in [-0.2, 0) is 16.0 Å². The van der Waals surface area contributed by atoms with Crippen molar-refractivity contribution >= 4 is 21.9 Å². The maximum atomic E-state index is 11.4. The SMILES string of the molecule is CC(C)OC(Cc1cccc(OCC(O)COc2ccc(C#N)cc2Br)c1)C(=O)O. The molecule has 7 nitrogen and oxygen atoms in total. The highest BCUT2D eigenvalue weighted by Crippen LogP contribution is 2.26. The number of hydrogen-bond acceptors (Lipinski definition) is 6. The summed E-state index contributed by atoms with van der Waals surface area (Å²) in [6.07, 6.45) is -1.81. The maximum absolute atomic E-state index is 11.4. The third-order valence-electron chi connectivity index (χ3n) is 3.97. The van der Waals surface area contributed by atoms with Crippen molar-refractivity contribution in [3.63, 3.8) is 0 Å². The van der Waals surface area contributed by atoms with E-state index < -0.39 is 18.2 Å². The van der Waals surface area contributed by atoms with Gasteiger partial charge in [-0.15, -0.1) is 0 Å². The van der Waals surface area contributed by atoms with Crippen LogP contribution < -0.4 is 9.47 Å². The van der Waals surface area contributed by atoms with E-state index in [1.54, 1.807) is 56.3 Å². The molecule has 2 N–H and O–H groups in total. The van der Waals surface area contributed by atoms with Crippen molar-refractivity contribution in [1.29, 1.82) is 5.26 Å². The predicted octanol–water partition coefficient (Wildman–Crippen LogP) is 3.56. The fraction of sp³-hybridized carbons (Fsp3) is 0.364. The molecule has 8 heteroatoms. The zero-order valence-corrected chi connectivity index (χ0v) is 18.3. The van der Waals surface area contributed by atoms with Gasteiger partial charge in [0.05, 0.1) is 22.2 Å². The minimum atomic E-state index is -1.02. The molecule has 0 spiro atoms. The number of nitriles is 1. The Hall–Kier alpha value is -2.60. The van der Waals surface area contributed by atoms with Crippen LogP contribution in [0, 0.1) is 11.3 Å². The summed E-state index contributed by atoms with van der Waals surface area (Å²) >= 11 is 3.33. The van der Waals surface area contributed by atoms with Gasteiger partial charge in [0.25, 0.3) is 0 Å². The fourth-order valence-electron chi connectivity index (χ4n) is 2.61. The van der Waals surface area contributed by atoms with E-state index in [1.807, 2.05) is 6.07 Å². The van der Waals surface area contributed by atoms with Gasteiger partial charge in [-0.3, -0.25) is 0 Å². The van der Waals surface area contributed by atoms with Gasteiger partial charge < -0.3 is 24.4 Å². The van der Waals surface area contributed by atoms with Crippen molar-refractivity contribution in [2.75, 3.05) is 13.2 Å². The van der Waals surface area contributed by atoms with Crippen molar-refractivity contribution < 1.29 is 29.2 Å². The summed E-state index contributed by atoms with van der Waals surface area (Å²) in [7, 11) is 0. The normalized spacial score (nSPS) is 12.8. The number of nitrogens with zero attached hydrogens (tertiary/aromatic N) is 1. The van der Waals surface area contributed by atoms with E-state index in [1.165, 1.54) is 0 Å². The number of ether oxygens (including phenoxy) is 3. The lowest BCUT2D eigenvalue weighted by Crippen LogP contribution is -2.29. The topological polar surface area (TPSA) is 109 Å². The Bertz CT molecular complexity index is 895. The van der Waals surface area contributed by atoms with Crippen molar-refractivity contribution in [3.8, 4) is 17.6 Å². The standard InChI is InChI=1S/C22H24BrNO6/c1-14(2)30-21(22(26)27)10-15-4-3-5-18(8-15)28-12-17(25)13-29-20-7-6-16(11-24)9-19(20)23/h3-9,14,17,21,25H,10,12-13H2,1-2H3,(H,26,27). The first kappa shape index (κ1) is 23.7. The Kier molecular flexibility index (Phi) is 9.12. The average Bonchev–Trinajstić information content (AvgIpc) is 2.70. The van der Waals surface area contributed by atoms with Crippen LogP contribution in [0.25, 0.3) is 0 Å². The number of aliphatic hydroxyl groups is 1. The number of carboxylic acids is 1. The van der Waals surface area contributed by atoms with Crippen molar-refractivity contribution in [3.05, 3.63) is 58.1 Å². The number of aliphatic carboxylic acids is 1. The first-order valence-corrected chi connectivity index (χ1v) is 10.2. The lowest BCUT2D eigenvalue weighted by Gasteiger charge is -2.17. The quantitative estimate of drug-likeness (QED) is 0.508. The molecule has 0 aromatic heterocycles. The number of aliphatic hydroxyl groups excluding tert-OH is 1.